The number of ketones is 1. The maximum absolute atomic E-state index is 13.2. The molecule has 0 spiro atoms. The minimum Gasteiger partial charge on any atom is -0.507 e. The predicted molar refractivity (Wildman–Crippen MR) is 138 cm³/mol. The van der Waals surface area contributed by atoms with Crippen LogP contribution in [0.5, 0.6) is 5.75 Å². The van der Waals surface area contributed by atoms with E-state index >= 15 is 0 Å². The zero-order valence-corrected chi connectivity index (χ0v) is 20.8. The molecule has 1 aromatic heterocycles. The highest BCUT2D eigenvalue weighted by atomic mass is 16.5. The molecule has 2 aromatic carbocycles. The Morgan fingerprint density at radius 1 is 1.06 bits per heavy atom. The lowest BCUT2D eigenvalue weighted by Crippen LogP contribution is -2.32. The lowest BCUT2D eigenvalue weighted by Gasteiger charge is -2.25. The Bertz CT molecular complexity index is 1260. The molecule has 0 aliphatic carbocycles. The van der Waals surface area contributed by atoms with E-state index < -0.39 is 17.7 Å². The summed E-state index contributed by atoms with van der Waals surface area (Å²) < 4.78 is 5.95. The number of rotatable bonds is 9. The van der Waals surface area contributed by atoms with Crippen molar-refractivity contribution in [1.82, 2.24) is 14.8 Å². The van der Waals surface area contributed by atoms with Crippen LogP contribution in [0, 0.1) is 6.92 Å². The maximum atomic E-state index is 13.2. The van der Waals surface area contributed by atoms with Gasteiger partial charge in [-0.25, -0.2) is 0 Å². The molecule has 1 amide bonds. The first-order chi connectivity index (χ1) is 17.4. The molecule has 1 saturated heterocycles. The molecule has 0 radical (unpaired) electrons. The molecule has 0 bridgehead atoms. The lowest BCUT2D eigenvalue weighted by atomic mass is 9.95. The number of aliphatic hydroxyl groups is 1. The fourth-order valence-electron chi connectivity index (χ4n) is 4.41. The number of carbonyl (C=O) groups excluding carboxylic acids is 2. The monoisotopic (exact) mass is 485 g/mol. The predicted octanol–water partition coefficient (Wildman–Crippen LogP) is 4.34. The van der Waals surface area contributed by atoms with Crippen LogP contribution in [0.3, 0.4) is 0 Å². The molecule has 4 rings (SSSR count). The summed E-state index contributed by atoms with van der Waals surface area (Å²) in [6.45, 7) is 3.48. The molecule has 1 aliphatic rings. The molecular formula is C29H31N3O4. The lowest BCUT2D eigenvalue weighted by molar-refractivity contribution is -0.139. The van der Waals surface area contributed by atoms with Gasteiger partial charge < -0.3 is 19.6 Å². The second-order valence-electron chi connectivity index (χ2n) is 9.18. The van der Waals surface area contributed by atoms with Crippen molar-refractivity contribution < 1.29 is 19.4 Å². The molecule has 7 nitrogen and oxygen atoms in total. The van der Waals surface area contributed by atoms with Crippen molar-refractivity contribution in [3.63, 3.8) is 0 Å². The van der Waals surface area contributed by atoms with Gasteiger partial charge in [-0.1, -0.05) is 30.3 Å². The minimum atomic E-state index is -0.679. The van der Waals surface area contributed by atoms with Gasteiger partial charge in [-0.15, -0.1) is 0 Å². The molecule has 0 unspecified atom stereocenters. The third-order valence-electron chi connectivity index (χ3n) is 6.25. The maximum Gasteiger partial charge on any atom is 0.295 e. The third kappa shape index (κ3) is 5.47. The van der Waals surface area contributed by atoms with Gasteiger partial charge in [-0.2, -0.15) is 0 Å². The van der Waals surface area contributed by atoms with E-state index in [4.69, 9.17) is 4.74 Å². The van der Waals surface area contributed by atoms with Crippen molar-refractivity contribution in [3.8, 4) is 5.75 Å². The van der Waals surface area contributed by atoms with Crippen LogP contribution in [-0.4, -0.2) is 58.8 Å². The summed E-state index contributed by atoms with van der Waals surface area (Å²) in [7, 11) is 3.92. The van der Waals surface area contributed by atoms with E-state index in [1.165, 1.54) is 0 Å². The number of aromatic nitrogens is 1. The Kier molecular flexibility index (Phi) is 7.80. The fraction of sp³-hybridized carbons (Fsp3) is 0.276. The van der Waals surface area contributed by atoms with Crippen LogP contribution in [0.15, 0.2) is 78.6 Å². The van der Waals surface area contributed by atoms with E-state index in [-0.39, 0.29) is 11.3 Å². The summed E-state index contributed by atoms with van der Waals surface area (Å²) in [5.74, 6) is -0.786. The zero-order valence-electron chi connectivity index (χ0n) is 20.8. The topological polar surface area (TPSA) is 83.0 Å². The number of hydrogen-bond donors (Lipinski definition) is 1. The highest BCUT2D eigenvalue weighted by molar-refractivity contribution is 6.46. The van der Waals surface area contributed by atoms with Crippen LogP contribution in [0.4, 0.5) is 0 Å². The van der Waals surface area contributed by atoms with Crippen LogP contribution in [0.25, 0.3) is 5.76 Å². The summed E-state index contributed by atoms with van der Waals surface area (Å²) in [5.41, 5.74) is 3.15. The minimum absolute atomic E-state index is 0.0911. The highest BCUT2D eigenvalue weighted by Crippen LogP contribution is 2.39. The molecule has 186 valence electrons. The van der Waals surface area contributed by atoms with Crippen LogP contribution in [0.2, 0.25) is 0 Å². The van der Waals surface area contributed by atoms with Gasteiger partial charge in [0.2, 0.25) is 0 Å². The number of hydrogen-bond acceptors (Lipinski definition) is 6. The molecule has 1 fully saturated rings. The van der Waals surface area contributed by atoms with Gasteiger partial charge in [-0.3, -0.25) is 14.6 Å². The number of likely N-dealkylation sites (tertiary alicyclic amines) is 1. The van der Waals surface area contributed by atoms with Gasteiger partial charge in [0.05, 0.1) is 11.6 Å². The molecule has 7 heteroatoms. The average molecular weight is 486 g/mol. The first-order valence-electron chi connectivity index (χ1n) is 12.0. The Labute approximate surface area is 211 Å². The van der Waals surface area contributed by atoms with E-state index in [1.54, 1.807) is 47.6 Å². The molecule has 0 saturated carbocycles. The Morgan fingerprint density at radius 3 is 2.44 bits per heavy atom. The molecule has 1 atom stereocenters. The standard InChI is InChI=1S/C29H31N3O4/c1-20-18-23(10-11-24(20)36-19-21-8-5-4-6-9-21)27(33)25-26(22-12-14-30-15-13-22)32(29(35)28(25)34)17-7-16-31(2)3/h4-6,8-15,18,26,33H,7,16-17,19H2,1-3H3/t26-/m1/s1. The number of amides is 1. The van der Waals surface area contributed by atoms with Gasteiger partial charge in [0.25, 0.3) is 11.7 Å². The largest absolute Gasteiger partial charge is 0.507 e. The Hall–Kier alpha value is -3.97. The molecule has 1 aliphatic heterocycles. The van der Waals surface area contributed by atoms with Crippen molar-refractivity contribution in [2.75, 3.05) is 27.2 Å². The number of aliphatic hydroxyl groups excluding tert-OH is 1. The molecule has 1 N–H and O–H groups in total. The van der Waals surface area contributed by atoms with Crippen molar-refractivity contribution >= 4 is 17.4 Å². The van der Waals surface area contributed by atoms with Crippen LogP contribution >= 0.6 is 0 Å². The number of benzene rings is 2. The number of aryl methyl sites for hydroxylation is 1. The van der Waals surface area contributed by atoms with E-state index in [1.807, 2.05) is 56.3 Å². The van der Waals surface area contributed by atoms with Crippen LogP contribution in [-0.2, 0) is 16.2 Å². The Morgan fingerprint density at radius 2 is 1.78 bits per heavy atom. The van der Waals surface area contributed by atoms with Gasteiger partial charge in [0.1, 0.15) is 18.1 Å². The van der Waals surface area contributed by atoms with Gasteiger partial charge in [0.15, 0.2) is 0 Å². The fourth-order valence-corrected chi connectivity index (χ4v) is 4.41. The molecule has 2 heterocycles. The number of ether oxygens (including phenoxy) is 1. The second-order valence-corrected chi connectivity index (χ2v) is 9.18. The summed E-state index contributed by atoms with van der Waals surface area (Å²) in [4.78, 5) is 33.8. The second kappa shape index (κ2) is 11.2. The van der Waals surface area contributed by atoms with Gasteiger partial charge in [0, 0.05) is 24.5 Å². The molecular weight excluding hydrogens is 454 g/mol. The number of Topliss-reactive ketones (excluding diaryl/α,β-unsaturated/α-hetero) is 1. The molecule has 3 aromatic rings. The summed E-state index contributed by atoms with van der Waals surface area (Å²) >= 11 is 0. The van der Waals surface area contributed by atoms with Crippen LogP contribution < -0.4 is 4.74 Å². The smallest absolute Gasteiger partial charge is 0.295 e. The first-order valence-corrected chi connectivity index (χ1v) is 12.0. The van der Waals surface area contributed by atoms with Crippen molar-refractivity contribution in [1.29, 1.82) is 0 Å². The summed E-state index contributed by atoms with van der Waals surface area (Å²) in [6.07, 6.45) is 3.95. The normalized spacial score (nSPS) is 17.1. The SMILES string of the molecule is Cc1cc(C(O)=C2C(=O)C(=O)N(CCCN(C)C)[C@@H]2c2ccncc2)ccc1OCc1ccccc1. The van der Waals surface area contributed by atoms with E-state index in [0.717, 1.165) is 23.2 Å². The third-order valence-corrected chi connectivity index (χ3v) is 6.25. The van der Waals surface area contributed by atoms with E-state index in [2.05, 4.69) is 4.98 Å². The molecule has 36 heavy (non-hydrogen) atoms. The number of nitrogens with zero attached hydrogens (tertiary/aromatic N) is 3. The highest BCUT2D eigenvalue weighted by Gasteiger charge is 2.45. The van der Waals surface area contributed by atoms with E-state index in [9.17, 15) is 14.7 Å². The van der Waals surface area contributed by atoms with E-state index in [0.29, 0.717) is 30.9 Å². The quantitative estimate of drug-likeness (QED) is 0.276. The van der Waals surface area contributed by atoms with Crippen molar-refractivity contribution in [2.24, 2.45) is 0 Å². The van der Waals surface area contributed by atoms with Crippen molar-refractivity contribution in [2.45, 2.75) is 26.0 Å². The average Bonchev–Trinajstić information content (AvgIpc) is 3.13. The number of carbonyl (C=O) groups is 2. The first kappa shape index (κ1) is 25.1. The van der Waals surface area contributed by atoms with Crippen molar-refractivity contribution in [3.05, 3.63) is 101 Å². The number of pyridine rings is 1. The summed E-state index contributed by atoms with van der Waals surface area (Å²) in [6, 6.07) is 18.0. The van der Waals surface area contributed by atoms with Gasteiger partial charge >= 0.3 is 0 Å². The van der Waals surface area contributed by atoms with Gasteiger partial charge in [-0.05, 0) is 81.0 Å². The zero-order chi connectivity index (χ0) is 25.7. The summed E-state index contributed by atoms with van der Waals surface area (Å²) in [5, 5.41) is 11.3. The van der Waals surface area contributed by atoms with Crippen LogP contribution in [0.1, 0.15) is 34.7 Å². The Balaban J connectivity index is 1.66.